The van der Waals surface area contributed by atoms with Crippen LogP contribution in [0.5, 0.6) is 0 Å². The van der Waals surface area contributed by atoms with Crippen LogP contribution >= 0.6 is 23.2 Å². The molecule has 0 aliphatic heterocycles. The second kappa shape index (κ2) is 8.18. The highest BCUT2D eigenvalue weighted by Crippen LogP contribution is 2.24. The molecule has 2 amide bonds. The maximum Gasteiger partial charge on any atom is 0.323 e. The summed E-state index contributed by atoms with van der Waals surface area (Å²) in [5, 5.41) is 6.93. The van der Waals surface area contributed by atoms with Gasteiger partial charge in [-0.3, -0.25) is 9.36 Å². The van der Waals surface area contributed by atoms with E-state index in [1.807, 2.05) is 0 Å². The molecule has 0 bridgehead atoms. The van der Waals surface area contributed by atoms with Gasteiger partial charge in [0.25, 0.3) is 5.91 Å². The van der Waals surface area contributed by atoms with Crippen LogP contribution in [-0.2, 0) is 0 Å². The monoisotopic (exact) mass is 441 g/mol. The van der Waals surface area contributed by atoms with Crippen LogP contribution in [0.25, 0.3) is 10.9 Å². The number of anilines is 2. The maximum atomic E-state index is 13.4. The first-order valence-corrected chi connectivity index (χ1v) is 9.60. The van der Waals surface area contributed by atoms with Crippen LogP contribution in [0.3, 0.4) is 0 Å². The first-order valence-electron chi connectivity index (χ1n) is 8.84. The van der Waals surface area contributed by atoms with Crippen LogP contribution in [0, 0.1) is 5.82 Å². The van der Waals surface area contributed by atoms with Crippen molar-refractivity contribution in [3.05, 3.63) is 94.4 Å². The summed E-state index contributed by atoms with van der Waals surface area (Å²) in [6, 6.07) is 16.6. The molecule has 2 N–H and O–H groups in total. The van der Waals surface area contributed by atoms with Gasteiger partial charge < -0.3 is 10.6 Å². The molecule has 4 rings (SSSR count). The molecular formula is C22H14Cl2FN3O2. The largest absolute Gasteiger partial charge is 0.323 e. The van der Waals surface area contributed by atoms with E-state index < -0.39 is 11.8 Å². The Hall–Kier alpha value is -3.35. The minimum atomic E-state index is -0.476. The number of nitrogens with one attached hydrogen (secondary N) is 2. The lowest BCUT2D eigenvalue weighted by molar-refractivity contribution is 0.0964. The fourth-order valence-electron chi connectivity index (χ4n) is 3.08. The lowest BCUT2D eigenvalue weighted by Crippen LogP contribution is -2.19. The van der Waals surface area contributed by atoms with E-state index in [0.717, 1.165) is 5.39 Å². The van der Waals surface area contributed by atoms with E-state index in [4.69, 9.17) is 23.2 Å². The summed E-state index contributed by atoms with van der Waals surface area (Å²) in [4.78, 5) is 25.0. The molecule has 30 heavy (non-hydrogen) atoms. The summed E-state index contributed by atoms with van der Waals surface area (Å²) in [6.07, 6.45) is 1.61. The highest BCUT2D eigenvalue weighted by Gasteiger charge is 2.13. The summed E-state index contributed by atoms with van der Waals surface area (Å²) in [6.45, 7) is 0. The SMILES string of the molecule is O=C(Nc1cc(Cl)cc(Cl)c1)Nc1ccc2c(ccn2C(=O)c2cccc(F)c2)c1. The Balaban J connectivity index is 1.53. The zero-order valence-electron chi connectivity index (χ0n) is 15.3. The number of carbonyl (C=O) groups is 2. The molecule has 0 aliphatic carbocycles. The van der Waals surface area contributed by atoms with Crippen molar-refractivity contribution in [2.75, 3.05) is 10.6 Å². The number of hydrogen-bond acceptors (Lipinski definition) is 2. The van der Waals surface area contributed by atoms with Gasteiger partial charge in [-0.1, -0.05) is 29.3 Å². The minimum Gasteiger partial charge on any atom is -0.308 e. The number of amides is 2. The number of carbonyl (C=O) groups excluding carboxylic acids is 2. The van der Waals surface area contributed by atoms with Gasteiger partial charge in [-0.15, -0.1) is 0 Å². The van der Waals surface area contributed by atoms with Gasteiger partial charge in [0.05, 0.1) is 5.52 Å². The Morgan fingerprint density at radius 3 is 2.30 bits per heavy atom. The third-order valence-electron chi connectivity index (χ3n) is 4.36. The number of fused-ring (bicyclic) bond motifs is 1. The van der Waals surface area contributed by atoms with Crippen LogP contribution in [0.1, 0.15) is 10.4 Å². The molecule has 3 aromatic carbocycles. The van der Waals surface area contributed by atoms with Crippen molar-refractivity contribution >= 4 is 57.4 Å². The molecular weight excluding hydrogens is 428 g/mol. The summed E-state index contributed by atoms with van der Waals surface area (Å²) < 4.78 is 14.9. The number of urea groups is 1. The van der Waals surface area contributed by atoms with Crippen molar-refractivity contribution in [3.8, 4) is 0 Å². The van der Waals surface area contributed by atoms with Crippen molar-refractivity contribution < 1.29 is 14.0 Å². The molecule has 0 radical (unpaired) electrons. The molecule has 0 fully saturated rings. The van der Waals surface area contributed by atoms with Crippen molar-refractivity contribution in [1.82, 2.24) is 4.57 Å². The Morgan fingerprint density at radius 1 is 0.833 bits per heavy atom. The number of halogens is 3. The van der Waals surface area contributed by atoms with E-state index in [2.05, 4.69) is 10.6 Å². The predicted molar refractivity (Wildman–Crippen MR) is 117 cm³/mol. The lowest BCUT2D eigenvalue weighted by atomic mass is 10.2. The number of nitrogens with zero attached hydrogens (tertiary/aromatic N) is 1. The normalized spacial score (nSPS) is 10.8. The topological polar surface area (TPSA) is 63.1 Å². The summed E-state index contributed by atoms with van der Waals surface area (Å²) in [7, 11) is 0. The molecule has 1 heterocycles. The van der Waals surface area contributed by atoms with E-state index in [9.17, 15) is 14.0 Å². The van der Waals surface area contributed by atoms with E-state index >= 15 is 0 Å². The smallest absolute Gasteiger partial charge is 0.308 e. The highest BCUT2D eigenvalue weighted by atomic mass is 35.5. The third-order valence-corrected chi connectivity index (χ3v) is 4.80. The van der Waals surface area contributed by atoms with Crippen molar-refractivity contribution in [3.63, 3.8) is 0 Å². The Labute approximate surface area is 181 Å². The fraction of sp³-hybridized carbons (Fsp3) is 0. The molecule has 0 saturated carbocycles. The first kappa shape index (κ1) is 19.9. The zero-order chi connectivity index (χ0) is 21.3. The quantitative estimate of drug-likeness (QED) is 0.385. The maximum absolute atomic E-state index is 13.4. The molecule has 8 heteroatoms. The van der Waals surface area contributed by atoms with Crippen LogP contribution in [-0.4, -0.2) is 16.5 Å². The summed E-state index contributed by atoms with van der Waals surface area (Å²) in [5.74, 6) is -0.823. The van der Waals surface area contributed by atoms with Crippen LogP contribution in [0.2, 0.25) is 10.0 Å². The van der Waals surface area contributed by atoms with Crippen LogP contribution < -0.4 is 10.6 Å². The van der Waals surface area contributed by atoms with Gasteiger partial charge in [0.2, 0.25) is 0 Å². The Kier molecular flexibility index (Phi) is 5.44. The molecule has 4 aromatic rings. The molecule has 0 atom stereocenters. The molecule has 0 unspecified atom stereocenters. The molecule has 0 aliphatic rings. The average molecular weight is 442 g/mol. The predicted octanol–water partition coefficient (Wildman–Crippen LogP) is 6.42. The van der Waals surface area contributed by atoms with Gasteiger partial charge in [-0.05, 0) is 60.7 Å². The van der Waals surface area contributed by atoms with Gasteiger partial charge in [0.1, 0.15) is 5.82 Å². The average Bonchev–Trinajstić information content (AvgIpc) is 3.09. The molecule has 5 nitrogen and oxygen atoms in total. The van der Waals surface area contributed by atoms with Gasteiger partial charge in [0, 0.05) is 38.6 Å². The standard InChI is InChI=1S/C22H14Cl2FN3O2/c23-15-10-16(24)12-19(11-15)27-22(30)26-18-4-5-20-13(9-18)6-7-28(20)21(29)14-2-1-3-17(25)8-14/h1-12H,(H2,26,27,30). The van der Waals surface area contributed by atoms with Gasteiger partial charge >= 0.3 is 6.03 Å². The molecule has 0 spiro atoms. The zero-order valence-corrected chi connectivity index (χ0v) is 16.8. The first-order chi connectivity index (χ1) is 14.4. The van der Waals surface area contributed by atoms with Crippen LogP contribution in [0.15, 0.2) is 72.9 Å². The van der Waals surface area contributed by atoms with Crippen molar-refractivity contribution in [1.29, 1.82) is 0 Å². The number of rotatable bonds is 3. The van der Waals surface area contributed by atoms with Gasteiger partial charge in [-0.2, -0.15) is 0 Å². The van der Waals surface area contributed by atoms with E-state index in [1.165, 1.54) is 22.8 Å². The van der Waals surface area contributed by atoms with E-state index in [0.29, 0.717) is 26.9 Å². The van der Waals surface area contributed by atoms with E-state index in [-0.39, 0.29) is 11.5 Å². The number of aromatic nitrogens is 1. The number of hydrogen-bond donors (Lipinski definition) is 2. The van der Waals surface area contributed by atoms with Crippen LogP contribution in [0.4, 0.5) is 20.6 Å². The molecule has 150 valence electrons. The van der Waals surface area contributed by atoms with E-state index in [1.54, 1.807) is 54.7 Å². The molecule has 0 saturated heterocycles. The third kappa shape index (κ3) is 4.30. The second-order valence-electron chi connectivity index (χ2n) is 6.51. The summed E-state index contributed by atoms with van der Waals surface area (Å²) in [5.41, 5.74) is 1.87. The Morgan fingerprint density at radius 2 is 1.57 bits per heavy atom. The number of benzene rings is 3. The fourth-order valence-corrected chi connectivity index (χ4v) is 3.60. The minimum absolute atomic E-state index is 0.245. The van der Waals surface area contributed by atoms with Gasteiger partial charge in [0.15, 0.2) is 0 Å². The highest BCUT2D eigenvalue weighted by molar-refractivity contribution is 6.35. The lowest BCUT2D eigenvalue weighted by Gasteiger charge is -2.09. The Bertz CT molecular complexity index is 1270. The van der Waals surface area contributed by atoms with Crippen molar-refractivity contribution in [2.24, 2.45) is 0 Å². The van der Waals surface area contributed by atoms with Crippen molar-refractivity contribution in [2.45, 2.75) is 0 Å². The van der Waals surface area contributed by atoms with Gasteiger partial charge in [-0.25, -0.2) is 9.18 Å². The second-order valence-corrected chi connectivity index (χ2v) is 7.38. The molecule has 1 aromatic heterocycles. The summed E-state index contributed by atoms with van der Waals surface area (Å²) >= 11 is 11.9.